The molecule has 28 heavy (non-hydrogen) atoms. The fourth-order valence-electron chi connectivity index (χ4n) is 2.79. The van der Waals surface area contributed by atoms with Crippen LogP contribution in [0.1, 0.15) is 24.0 Å². The van der Waals surface area contributed by atoms with Crippen LogP contribution in [0.4, 0.5) is 0 Å². The molecule has 0 spiro atoms. The Bertz CT molecular complexity index is 1080. The Morgan fingerprint density at radius 3 is 2.54 bits per heavy atom. The summed E-state index contributed by atoms with van der Waals surface area (Å²) in [5, 5.41) is 17.6. The number of ether oxygens (including phenoxy) is 1. The average molecular weight is 393 g/mol. The highest BCUT2D eigenvalue weighted by atomic mass is 32.2. The maximum absolute atomic E-state index is 5.57. The van der Waals surface area contributed by atoms with E-state index in [0.29, 0.717) is 11.8 Å². The third kappa shape index (κ3) is 3.63. The molecule has 4 aromatic rings. The molecule has 0 amide bonds. The molecule has 8 heteroatoms. The average Bonchev–Trinajstić information content (AvgIpc) is 3.35. The van der Waals surface area contributed by atoms with Crippen molar-refractivity contribution >= 4 is 11.8 Å². The number of para-hydroxylation sites is 1. The van der Waals surface area contributed by atoms with Crippen molar-refractivity contribution in [1.82, 2.24) is 25.0 Å². The summed E-state index contributed by atoms with van der Waals surface area (Å²) >= 11 is 1.52. The zero-order valence-electron chi connectivity index (χ0n) is 15.7. The molecule has 0 unspecified atom stereocenters. The molecule has 0 fully saturated rings. The number of nitrogens with zero attached hydrogens (tertiary/aromatic N) is 5. The number of aryl methyl sites for hydroxylation is 1. The van der Waals surface area contributed by atoms with Crippen LogP contribution >= 0.6 is 11.8 Å². The predicted octanol–water partition coefficient (Wildman–Crippen LogP) is 4.49. The first-order chi connectivity index (χ1) is 13.7. The van der Waals surface area contributed by atoms with Gasteiger partial charge < -0.3 is 9.15 Å². The lowest BCUT2D eigenvalue weighted by Crippen LogP contribution is -2.01. The quantitative estimate of drug-likeness (QED) is 0.447. The van der Waals surface area contributed by atoms with Gasteiger partial charge in [-0.15, -0.1) is 20.4 Å². The van der Waals surface area contributed by atoms with Crippen molar-refractivity contribution in [1.29, 1.82) is 0 Å². The zero-order valence-corrected chi connectivity index (χ0v) is 16.6. The highest BCUT2D eigenvalue weighted by Gasteiger charge is 2.21. The van der Waals surface area contributed by atoms with E-state index in [1.54, 1.807) is 14.0 Å². The van der Waals surface area contributed by atoms with Crippen molar-refractivity contribution in [3.63, 3.8) is 0 Å². The van der Waals surface area contributed by atoms with Gasteiger partial charge in [-0.05, 0) is 31.2 Å². The Kier molecular flexibility index (Phi) is 5.12. The standard InChI is InChI=1S/C20H19N5O2S/c1-13(19-23-21-14(2)27-19)28-20-24-22-18(15-8-7-11-17(12-15)26-3)25(20)16-9-5-4-6-10-16/h4-13H,1-3H3/t13-/m0/s1. The minimum absolute atomic E-state index is 0.0639. The number of thioether (sulfide) groups is 1. The third-order valence-corrected chi connectivity index (χ3v) is 5.18. The van der Waals surface area contributed by atoms with E-state index in [4.69, 9.17) is 9.15 Å². The van der Waals surface area contributed by atoms with Crippen LogP contribution in [0, 0.1) is 6.92 Å². The van der Waals surface area contributed by atoms with E-state index in [1.807, 2.05) is 66.1 Å². The Morgan fingerprint density at radius 2 is 1.82 bits per heavy atom. The lowest BCUT2D eigenvalue weighted by Gasteiger charge is -2.12. The Balaban J connectivity index is 1.77. The van der Waals surface area contributed by atoms with Gasteiger partial charge in [0.2, 0.25) is 11.8 Å². The second-order valence-electron chi connectivity index (χ2n) is 6.13. The van der Waals surface area contributed by atoms with Gasteiger partial charge in [-0.3, -0.25) is 4.57 Å². The normalized spacial score (nSPS) is 12.1. The molecule has 142 valence electrons. The summed E-state index contributed by atoms with van der Waals surface area (Å²) in [7, 11) is 1.65. The van der Waals surface area contributed by atoms with Crippen molar-refractivity contribution in [2.45, 2.75) is 24.3 Å². The molecule has 1 atom stereocenters. The van der Waals surface area contributed by atoms with Crippen LogP contribution in [0.2, 0.25) is 0 Å². The van der Waals surface area contributed by atoms with Crippen LogP contribution in [0.15, 0.2) is 64.2 Å². The van der Waals surface area contributed by atoms with Gasteiger partial charge >= 0.3 is 0 Å². The molecular weight excluding hydrogens is 374 g/mol. The summed E-state index contributed by atoms with van der Waals surface area (Å²) in [4.78, 5) is 0. The summed E-state index contributed by atoms with van der Waals surface area (Å²) in [5.41, 5.74) is 1.89. The maximum atomic E-state index is 5.57. The van der Waals surface area contributed by atoms with Gasteiger partial charge in [0.25, 0.3) is 0 Å². The fraction of sp³-hybridized carbons (Fsp3) is 0.200. The lowest BCUT2D eigenvalue weighted by molar-refractivity contribution is 0.415. The molecule has 0 aliphatic heterocycles. The maximum Gasteiger partial charge on any atom is 0.229 e. The molecule has 0 aliphatic carbocycles. The van der Waals surface area contributed by atoms with Crippen molar-refractivity contribution < 1.29 is 9.15 Å². The zero-order chi connectivity index (χ0) is 19.5. The predicted molar refractivity (Wildman–Crippen MR) is 107 cm³/mol. The van der Waals surface area contributed by atoms with E-state index in [-0.39, 0.29) is 5.25 Å². The first-order valence-electron chi connectivity index (χ1n) is 8.77. The van der Waals surface area contributed by atoms with E-state index >= 15 is 0 Å². The molecule has 0 radical (unpaired) electrons. The summed E-state index contributed by atoms with van der Waals surface area (Å²) < 4.78 is 13.0. The van der Waals surface area contributed by atoms with Gasteiger partial charge in [0, 0.05) is 18.2 Å². The van der Waals surface area contributed by atoms with Crippen molar-refractivity contribution in [3.05, 3.63) is 66.4 Å². The van der Waals surface area contributed by atoms with E-state index in [9.17, 15) is 0 Å². The monoisotopic (exact) mass is 393 g/mol. The smallest absolute Gasteiger partial charge is 0.229 e. The van der Waals surface area contributed by atoms with Crippen molar-refractivity contribution in [2.24, 2.45) is 0 Å². The Hall–Kier alpha value is -3.13. The van der Waals surface area contributed by atoms with Crippen molar-refractivity contribution in [3.8, 4) is 22.8 Å². The van der Waals surface area contributed by atoms with Gasteiger partial charge in [0.1, 0.15) is 5.75 Å². The summed E-state index contributed by atoms with van der Waals surface area (Å²) in [6, 6.07) is 17.8. The van der Waals surface area contributed by atoms with Crippen LogP contribution in [0.5, 0.6) is 5.75 Å². The number of methoxy groups -OCH3 is 1. The van der Waals surface area contributed by atoms with Crippen LogP contribution < -0.4 is 4.74 Å². The van der Waals surface area contributed by atoms with E-state index in [2.05, 4.69) is 20.4 Å². The Morgan fingerprint density at radius 1 is 1.00 bits per heavy atom. The largest absolute Gasteiger partial charge is 0.497 e. The molecule has 2 heterocycles. The highest BCUT2D eigenvalue weighted by molar-refractivity contribution is 7.99. The van der Waals surface area contributed by atoms with E-state index < -0.39 is 0 Å². The second-order valence-corrected chi connectivity index (χ2v) is 7.44. The van der Waals surface area contributed by atoms with E-state index in [0.717, 1.165) is 28.0 Å². The van der Waals surface area contributed by atoms with Gasteiger partial charge in [0.05, 0.1) is 12.4 Å². The molecule has 0 saturated heterocycles. The molecule has 0 aliphatic rings. The topological polar surface area (TPSA) is 78.9 Å². The molecule has 0 N–H and O–H groups in total. The molecule has 7 nitrogen and oxygen atoms in total. The summed E-state index contributed by atoms with van der Waals surface area (Å²) in [6.45, 7) is 3.79. The van der Waals surface area contributed by atoms with Gasteiger partial charge in [0.15, 0.2) is 11.0 Å². The second kappa shape index (κ2) is 7.85. The summed E-state index contributed by atoms with van der Waals surface area (Å²) in [6.07, 6.45) is 0. The number of benzene rings is 2. The third-order valence-electron chi connectivity index (χ3n) is 4.15. The van der Waals surface area contributed by atoms with E-state index in [1.165, 1.54) is 11.8 Å². The molecule has 0 saturated carbocycles. The van der Waals surface area contributed by atoms with Crippen molar-refractivity contribution in [2.75, 3.05) is 7.11 Å². The molecule has 0 bridgehead atoms. The summed E-state index contributed by atoms with van der Waals surface area (Å²) in [5.74, 6) is 2.61. The van der Waals surface area contributed by atoms with Crippen LogP contribution in [0.3, 0.4) is 0 Å². The SMILES string of the molecule is COc1cccc(-c2nnc(S[C@@H](C)c3nnc(C)o3)n2-c2ccccc2)c1. The molecule has 4 rings (SSSR count). The van der Waals surface area contributed by atoms with Crippen LogP contribution in [-0.2, 0) is 0 Å². The number of hydrogen-bond acceptors (Lipinski definition) is 7. The number of hydrogen-bond donors (Lipinski definition) is 0. The fourth-order valence-corrected chi connectivity index (χ4v) is 3.69. The minimum atomic E-state index is -0.0639. The van der Waals surface area contributed by atoms with Gasteiger partial charge in [-0.1, -0.05) is 42.1 Å². The minimum Gasteiger partial charge on any atom is -0.497 e. The highest BCUT2D eigenvalue weighted by Crippen LogP contribution is 2.36. The first kappa shape index (κ1) is 18.2. The molecule has 2 aromatic carbocycles. The number of rotatable bonds is 6. The first-order valence-corrected chi connectivity index (χ1v) is 9.65. The molecular formula is C20H19N5O2S. The van der Waals surface area contributed by atoms with Gasteiger partial charge in [-0.2, -0.15) is 0 Å². The number of aromatic nitrogens is 5. The lowest BCUT2D eigenvalue weighted by atomic mass is 10.2. The van der Waals surface area contributed by atoms with Crippen LogP contribution in [-0.4, -0.2) is 32.1 Å². The Labute approximate surface area is 166 Å². The van der Waals surface area contributed by atoms with Gasteiger partial charge in [-0.25, -0.2) is 0 Å². The van der Waals surface area contributed by atoms with Crippen LogP contribution in [0.25, 0.3) is 17.1 Å². The molecule has 2 aromatic heterocycles.